The van der Waals surface area contributed by atoms with E-state index in [1.165, 1.54) is 12.1 Å². The SMILES string of the molecule is O=C(O)c1cccc(C23OCC(CO2)CO3)c1. The van der Waals surface area contributed by atoms with Gasteiger partial charge in [-0.3, -0.25) is 0 Å². The lowest BCUT2D eigenvalue weighted by atomic mass is 10.1. The van der Waals surface area contributed by atoms with Crippen LogP contribution < -0.4 is 0 Å². The van der Waals surface area contributed by atoms with E-state index in [0.29, 0.717) is 25.4 Å². The molecule has 5 nitrogen and oxygen atoms in total. The summed E-state index contributed by atoms with van der Waals surface area (Å²) in [6.07, 6.45) is 0. The summed E-state index contributed by atoms with van der Waals surface area (Å²) in [6, 6.07) is 6.45. The van der Waals surface area contributed by atoms with Gasteiger partial charge in [0.15, 0.2) is 0 Å². The predicted octanol–water partition coefficient (Wildman–Crippen LogP) is 1.19. The largest absolute Gasteiger partial charge is 0.478 e. The summed E-state index contributed by atoms with van der Waals surface area (Å²) in [5, 5.41) is 8.95. The molecular formula is C12H12O5. The highest BCUT2D eigenvalue weighted by Gasteiger charge is 2.46. The monoisotopic (exact) mass is 236 g/mol. The minimum absolute atomic E-state index is 0.195. The Balaban J connectivity index is 1.97. The molecule has 17 heavy (non-hydrogen) atoms. The molecule has 1 aromatic rings. The van der Waals surface area contributed by atoms with E-state index in [2.05, 4.69) is 0 Å². The summed E-state index contributed by atoms with van der Waals surface area (Å²) >= 11 is 0. The standard InChI is InChI=1S/C12H12O5/c13-11(14)9-2-1-3-10(4-9)12-15-5-8(6-16-12)7-17-12/h1-4,8H,5-7H2,(H,13,14). The smallest absolute Gasteiger partial charge is 0.335 e. The average Bonchev–Trinajstić information content (AvgIpc) is 2.41. The first-order chi connectivity index (χ1) is 8.20. The molecule has 3 heterocycles. The van der Waals surface area contributed by atoms with Crippen molar-refractivity contribution < 1.29 is 24.1 Å². The van der Waals surface area contributed by atoms with Crippen LogP contribution in [-0.2, 0) is 20.2 Å². The molecule has 3 aliphatic rings. The number of aromatic carboxylic acids is 1. The van der Waals surface area contributed by atoms with Crippen molar-refractivity contribution in [2.45, 2.75) is 5.97 Å². The summed E-state index contributed by atoms with van der Waals surface area (Å²) in [6.45, 7) is 1.74. The molecule has 0 atom stereocenters. The summed E-state index contributed by atoms with van der Waals surface area (Å²) in [5.41, 5.74) is 0.788. The van der Waals surface area contributed by atoms with Gasteiger partial charge < -0.3 is 19.3 Å². The van der Waals surface area contributed by atoms with E-state index < -0.39 is 11.9 Å². The van der Waals surface area contributed by atoms with Gasteiger partial charge in [-0.25, -0.2) is 4.79 Å². The highest BCUT2D eigenvalue weighted by Crippen LogP contribution is 2.38. The molecule has 90 valence electrons. The third kappa shape index (κ3) is 1.72. The Hall–Kier alpha value is -1.43. The van der Waals surface area contributed by atoms with E-state index in [1.807, 2.05) is 0 Å². The van der Waals surface area contributed by atoms with Crippen molar-refractivity contribution in [2.75, 3.05) is 19.8 Å². The van der Waals surface area contributed by atoms with Gasteiger partial charge >= 0.3 is 11.9 Å². The van der Waals surface area contributed by atoms with Crippen LogP contribution in [-0.4, -0.2) is 30.9 Å². The molecule has 0 aliphatic carbocycles. The lowest BCUT2D eigenvalue weighted by molar-refractivity contribution is -0.460. The Morgan fingerprint density at radius 1 is 1.24 bits per heavy atom. The molecule has 3 aliphatic heterocycles. The van der Waals surface area contributed by atoms with Gasteiger partial charge in [-0.15, -0.1) is 0 Å². The Labute approximate surface area is 97.9 Å². The molecule has 0 aromatic heterocycles. The third-order valence-electron chi connectivity index (χ3n) is 2.99. The number of fused-ring (bicyclic) bond motifs is 3. The van der Waals surface area contributed by atoms with Crippen LogP contribution in [0, 0.1) is 5.92 Å². The van der Waals surface area contributed by atoms with Crippen molar-refractivity contribution in [1.29, 1.82) is 0 Å². The quantitative estimate of drug-likeness (QED) is 0.835. The first-order valence-corrected chi connectivity index (χ1v) is 5.45. The number of carboxylic acid groups (broad SMARTS) is 1. The number of carbonyl (C=O) groups is 1. The van der Waals surface area contributed by atoms with Crippen LogP contribution in [0.15, 0.2) is 24.3 Å². The molecule has 0 unspecified atom stereocenters. The molecule has 3 fully saturated rings. The Morgan fingerprint density at radius 3 is 2.47 bits per heavy atom. The van der Waals surface area contributed by atoms with Crippen LogP contribution in [0.1, 0.15) is 15.9 Å². The number of ether oxygens (including phenoxy) is 3. The van der Waals surface area contributed by atoms with Gasteiger partial charge in [0.2, 0.25) is 0 Å². The fourth-order valence-electron chi connectivity index (χ4n) is 2.04. The van der Waals surface area contributed by atoms with Crippen molar-refractivity contribution in [2.24, 2.45) is 5.92 Å². The zero-order chi connectivity index (χ0) is 11.9. The van der Waals surface area contributed by atoms with Crippen LogP contribution in [0.2, 0.25) is 0 Å². The van der Waals surface area contributed by atoms with Gasteiger partial charge in [0.1, 0.15) is 0 Å². The van der Waals surface area contributed by atoms with E-state index in [-0.39, 0.29) is 11.5 Å². The van der Waals surface area contributed by atoms with E-state index in [4.69, 9.17) is 19.3 Å². The zero-order valence-electron chi connectivity index (χ0n) is 9.09. The number of rotatable bonds is 2. The maximum Gasteiger partial charge on any atom is 0.335 e. The first kappa shape index (κ1) is 10.7. The molecule has 1 N–H and O–H groups in total. The number of hydrogen-bond donors (Lipinski definition) is 1. The van der Waals surface area contributed by atoms with Gasteiger partial charge in [0.05, 0.1) is 25.4 Å². The minimum Gasteiger partial charge on any atom is -0.478 e. The second-order valence-electron chi connectivity index (χ2n) is 4.24. The van der Waals surface area contributed by atoms with Gasteiger partial charge in [-0.05, 0) is 12.1 Å². The van der Waals surface area contributed by atoms with Crippen molar-refractivity contribution >= 4 is 5.97 Å². The lowest BCUT2D eigenvalue weighted by Gasteiger charge is -2.45. The molecule has 1 aromatic carbocycles. The molecule has 0 amide bonds. The summed E-state index contributed by atoms with van der Waals surface area (Å²) in [7, 11) is 0. The maximum atomic E-state index is 10.9. The number of carboxylic acids is 1. The fraction of sp³-hybridized carbons (Fsp3) is 0.417. The van der Waals surface area contributed by atoms with E-state index in [9.17, 15) is 4.79 Å². The maximum absolute atomic E-state index is 10.9. The fourth-order valence-corrected chi connectivity index (χ4v) is 2.04. The lowest BCUT2D eigenvalue weighted by Crippen LogP contribution is -2.51. The summed E-state index contributed by atoms with van der Waals surface area (Å²) < 4.78 is 16.6. The number of benzene rings is 1. The van der Waals surface area contributed by atoms with Crippen LogP contribution >= 0.6 is 0 Å². The topological polar surface area (TPSA) is 65.0 Å². The summed E-state index contributed by atoms with van der Waals surface area (Å²) in [5.74, 6) is -1.91. The Kier molecular flexibility index (Phi) is 2.39. The molecule has 2 bridgehead atoms. The molecule has 0 saturated carbocycles. The molecule has 0 spiro atoms. The minimum atomic E-state index is -1.21. The molecule has 0 radical (unpaired) electrons. The summed E-state index contributed by atoms with van der Waals surface area (Å²) in [4.78, 5) is 10.9. The number of hydrogen-bond acceptors (Lipinski definition) is 4. The molecule has 4 rings (SSSR count). The normalized spacial score (nSPS) is 31.4. The Bertz CT molecular complexity index is 434. The van der Waals surface area contributed by atoms with Crippen molar-refractivity contribution in [1.82, 2.24) is 0 Å². The second kappa shape index (κ2) is 3.80. The van der Waals surface area contributed by atoms with Crippen LogP contribution in [0.5, 0.6) is 0 Å². The van der Waals surface area contributed by atoms with Crippen molar-refractivity contribution in [3.8, 4) is 0 Å². The van der Waals surface area contributed by atoms with Crippen molar-refractivity contribution in [3.05, 3.63) is 35.4 Å². The second-order valence-corrected chi connectivity index (χ2v) is 4.24. The van der Waals surface area contributed by atoms with Crippen LogP contribution in [0.3, 0.4) is 0 Å². The van der Waals surface area contributed by atoms with Gasteiger partial charge in [0, 0.05) is 11.5 Å². The highest BCUT2D eigenvalue weighted by molar-refractivity contribution is 5.87. The first-order valence-electron chi connectivity index (χ1n) is 5.45. The van der Waals surface area contributed by atoms with Gasteiger partial charge in [0.25, 0.3) is 0 Å². The van der Waals surface area contributed by atoms with Gasteiger partial charge in [-0.1, -0.05) is 12.1 Å². The highest BCUT2D eigenvalue weighted by atomic mass is 16.9. The average molecular weight is 236 g/mol. The zero-order valence-corrected chi connectivity index (χ0v) is 9.09. The predicted molar refractivity (Wildman–Crippen MR) is 56.4 cm³/mol. The van der Waals surface area contributed by atoms with E-state index in [1.54, 1.807) is 12.1 Å². The van der Waals surface area contributed by atoms with Crippen LogP contribution in [0.4, 0.5) is 0 Å². The molecular weight excluding hydrogens is 224 g/mol. The van der Waals surface area contributed by atoms with E-state index >= 15 is 0 Å². The van der Waals surface area contributed by atoms with Gasteiger partial charge in [-0.2, -0.15) is 0 Å². The van der Waals surface area contributed by atoms with Crippen molar-refractivity contribution in [3.63, 3.8) is 0 Å². The van der Waals surface area contributed by atoms with E-state index in [0.717, 1.165) is 0 Å². The molecule has 3 saturated heterocycles. The van der Waals surface area contributed by atoms with Crippen LogP contribution in [0.25, 0.3) is 0 Å². The molecule has 5 heteroatoms. The Morgan fingerprint density at radius 2 is 1.88 bits per heavy atom. The third-order valence-corrected chi connectivity index (χ3v) is 2.99.